The summed E-state index contributed by atoms with van der Waals surface area (Å²) in [6.45, 7) is 10.8. The van der Waals surface area contributed by atoms with Crippen molar-refractivity contribution >= 4 is 11.6 Å². The molecule has 3 nitrogen and oxygen atoms in total. The molecule has 0 atom stereocenters. The van der Waals surface area contributed by atoms with Crippen LogP contribution in [0.5, 0.6) is 0 Å². The summed E-state index contributed by atoms with van der Waals surface area (Å²) in [6.07, 6.45) is 0.465. The van der Waals surface area contributed by atoms with Crippen LogP contribution in [0.15, 0.2) is 12.1 Å². The zero-order valence-corrected chi connectivity index (χ0v) is 13.0. The van der Waals surface area contributed by atoms with Gasteiger partial charge in [0.1, 0.15) is 0 Å². The zero-order chi connectivity index (χ0) is 14.8. The van der Waals surface area contributed by atoms with Crippen LogP contribution in [0.3, 0.4) is 0 Å². The molecule has 0 bridgehead atoms. The van der Waals surface area contributed by atoms with E-state index in [1.165, 1.54) is 16.7 Å². The molecule has 2 N–H and O–H groups in total. The van der Waals surface area contributed by atoms with Gasteiger partial charge in [-0.25, -0.2) is 0 Å². The minimum atomic E-state index is -0.154. The molecule has 0 heterocycles. The average Bonchev–Trinajstić information content (AvgIpc) is 2.35. The number of nitrogens with zero attached hydrogens (tertiary/aromatic N) is 1. The second kappa shape index (κ2) is 5.74. The Bertz CT molecular complexity index is 478. The molecule has 0 saturated carbocycles. The van der Waals surface area contributed by atoms with Gasteiger partial charge in [0, 0.05) is 19.2 Å². The summed E-state index contributed by atoms with van der Waals surface area (Å²) in [6, 6.07) is 4.08. The van der Waals surface area contributed by atoms with Gasteiger partial charge in [0.2, 0.25) is 5.91 Å². The fourth-order valence-electron chi connectivity index (χ4n) is 2.04. The third kappa shape index (κ3) is 3.57. The number of hydrogen-bond acceptors (Lipinski definition) is 2. The van der Waals surface area contributed by atoms with E-state index in [9.17, 15) is 4.79 Å². The van der Waals surface area contributed by atoms with Crippen molar-refractivity contribution in [2.75, 3.05) is 18.5 Å². The van der Waals surface area contributed by atoms with Crippen molar-refractivity contribution < 1.29 is 4.79 Å². The number of nitrogens with two attached hydrogens (primary N) is 1. The van der Waals surface area contributed by atoms with Crippen LogP contribution in [0, 0.1) is 26.2 Å². The first-order chi connectivity index (χ1) is 8.69. The molecule has 0 unspecified atom stereocenters. The van der Waals surface area contributed by atoms with Crippen LogP contribution < -0.4 is 10.6 Å². The highest BCUT2D eigenvalue weighted by molar-refractivity contribution is 5.94. The summed E-state index contributed by atoms with van der Waals surface area (Å²) in [5.74, 6) is 0.113. The molecular weight excluding hydrogens is 236 g/mol. The molecule has 0 radical (unpaired) electrons. The first-order valence-electron chi connectivity index (χ1n) is 6.73. The maximum atomic E-state index is 12.3. The Balaban J connectivity index is 2.98. The van der Waals surface area contributed by atoms with Crippen LogP contribution in [0.2, 0.25) is 0 Å². The van der Waals surface area contributed by atoms with Crippen molar-refractivity contribution in [2.45, 2.75) is 41.0 Å². The highest BCUT2D eigenvalue weighted by atomic mass is 16.2. The van der Waals surface area contributed by atoms with Gasteiger partial charge in [0.05, 0.1) is 0 Å². The van der Waals surface area contributed by atoms with E-state index >= 15 is 0 Å². The van der Waals surface area contributed by atoms with Crippen LogP contribution in [-0.2, 0) is 4.79 Å². The lowest BCUT2D eigenvalue weighted by atomic mass is 9.89. The summed E-state index contributed by atoms with van der Waals surface area (Å²) in [5, 5.41) is 0. The maximum Gasteiger partial charge on any atom is 0.227 e. The minimum absolute atomic E-state index is 0.113. The van der Waals surface area contributed by atoms with Gasteiger partial charge < -0.3 is 10.6 Å². The van der Waals surface area contributed by atoms with E-state index < -0.39 is 0 Å². The van der Waals surface area contributed by atoms with Crippen molar-refractivity contribution in [2.24, 2.45) is 11.1 Å². The van der Waals surface area contributed by atoms with Crippen LogP contribution in [-0.4, -0.2) is 19.5 Å². The second-order valence-corrected chi connectivity index (χ2v) is 6.15. The summed E-state index contributed by atoms with van der Waals surface area (Å²) >= 11 is 0. The highest BCUT2D eigenvalue weighted by Crippen LogP contribution is 2.27. The minimum Gasteiger partial charge on any atom is -0.330 e. The third-order valence-corrected chi connectivity index (χ3v) is 3.95. The molecule has 1 amide bonds. The number of carbonyl (C=O) groups is 1. The molecular formula is C16H26N2O. The van der Waals surface area contributed by atoms with E-state index in [0.717, 1.165) is 5.69 Å². The molecule has 19 heavy (non-hydrogen) atoms. The van der Waals surface area contributed by atoms with Gasteiger partial charge in [-0.3, -0.25) is 4.79 Å². The first kappa shape index (κ1) is 15.7. The normalized spacial score (nSPS) is 11.5. The Hall–Kier alpha value is -1.35. The molecule has 1 aromatic rings. The Labute approximate surface area is 116 Å². The number of aryl methyl sites for hydroxylation is 1. The lowest BCUT2D eigenvalue weighted by molar-refractivity contribution is -0.120. The lowest BCUT2D eigenvalue weighted by Crippen LogP contribution is -2.34. The predicted molar refractivity (Wildman–Crippen MR) is 81.5 cm³/mol. The molecule has 1 rings (SSSR count). The van der Waals surface area contributed by atoms with Gasteiger partial charge in [-0.1, -0.05) is 19.9 Å². The third-order valence-electron chi connectivity index (χ3n) is 3.95. The maximum absolute atomic E-state index is 12.3. The molecule has 0 aliphatic heterocycles. The average molecular weight is 262 g/mol. The molecule has 0 saturated heterocycles. The molecule has 0 aliphatic carbocycles. The zero-order valence-electron chi connectivity index (χ0n) is 13.0. The van der Waals surface area contributed by atoms with Crippen molar-refractivity contribution in [3.63, 3.8) is 0 Å². The SMILES string of the molecule is Cc1ccc(N(C)C(=O)CC(C)(C)CN)c(C)c1C. The Kier molecular flexibility index (Phi) is 4.75. The monoisotopic (exact) mass is 262 g/mol. The van der Waals surface area contributed by atoms with E-state index in [-0.39, 0.29) is 11.3 Å². The van der Waals surface area contributed by atoms with Crippen molar-refractivity contribution in [1.82, 2.24) is 0 Å². The quantitative estimate of drug-likeness (QED) is 0.906. The van der Waals surface area contributed by atoms with Gasteiger partial charge >= 0.3 is 0 Å². The smallest absolute Gasteiger partial charge is 0.227 e. The lowest BCUT2D eigenvalue weighted by Gasteiger charge is -2.27. The second-order valence-electron chi connectivity index (χ2n) is 6.15. The Morgan fingerprint density at radius 2 is 1.79 bits per heavy atom. The van der Waals surface area contributed by atoms with Gasteiger partial charge in [-0.2, -0.15) is 0 Å². The highest BCUT2D eigenvalue weighted by Gasteiger charge is 2.23. The molecule has 106 valence electrons. The van der Waals surface area contributed by atoms with Gasteiger partial charge in [0.25, 0.3) is 0 Å². The van der Waals surface area contributed by atoms with E-state index in [2.05, 4.69) is 26.8 Å². The predicted octanol–water partition coefficient (Wildman–Crippen LogP) is 2.95. The van der Waals surface area contributed by atoms with Crippen LogP contribution in [0.1, 0.15) is 37.0 Å². The number of hydrogen-bond donors (Lipinski definition) is 1. The molecule has 0 spiro atoms. The van der Waals surface area contributed by atoms with Crippen molar-refractivity contribution in [3.05, 3.63) is 28.8 Å². The van der Waals surface area contributed by atoms with Gasteiger partial charge in [0.15, 0.2) is 0 Å². The Morgan fingerprint density at radius 1 is 1.21 bits per heavy atom. The molecule has 0 fully saturated rings. The van der Waals surface area contributed by atoms with E-state index in [4.69, 9.17) is 5.73 Å². The Morgan fingerprint density at radius 3 is 2.32 bits per heavy atom. The molecule has 3 heteroatoms. The molecule has 0 aliphatic rings. The number of carbonyl (C=O) groups excluding carboxylic acids is 1. The number of rotatable bonds is 4. The number of benzene rings is 1. The van der Waals surface area contributed by atoms with Gasteiger partial charge in [-0.05, 0) is 55.5 Å². The van der Waals surface area contributed by atoms with E-state index in [0.29, 0.717) is 13.0 Å². The fourth-order valence-corrected chi connectivity index (χ4v) is 2.04. The van der Waals surface area contributed by atoms with Crippen molar-refractivity contribution in [1.29, 1.82) is 0 Å². The largest absolute Gasteiger partial charge is 0.330 e. The van der Waals surface area contributed by atoms with Gasteiger partial charge in [-0.15, -0.1) is 0 Å². The fraction of sp³-hybridized carbons (Fsp3) is 0.562. The number of anilines is 1. The van der Waals surface area contributed by atoms with Crippen molar-refractivity contribution in [3.8, 4) is 0 Å². The first-order valence-corrected chi connectivity index (χ1v) is 6.73. The summed E-state index contributed by atoms with van der Waals surface area (Å²) < 4.78 is 0. The van der Waals surface area contributed by atoms with Crippen LogP contribution in [0.4, 0.5) is 5.69 Å². The van der Waals surface area contributed by atoms with Crippen LogP contribution >= 0.6 is 0 Å². The van der Waals surface area contributed by atoms with E-state index in [1.807, 2.05) is 27.0 Å². The summed E-state index contributed by atoms with van der Waals surface area (Å²) in [4.78, 5) is 14.1. The molecule has 1 aromatic carbocycles. The summed E-state index contributed by atoms with van der Waals surface area (Å²) in [5.41, 5.74) is 10.2. The number of amides is 1. The molecule has 0 aromatic heterocycles. The van der Waals surface area contributed by atoms with Crippen LogP contribution in [0.25, 0.3) is 0 Å². The topological polar surface area (TPSA) is 46.3 Å². The van der Waals surface area contributed by atoms with E-state index in [1.54, 1.807) is 4.90 Å². The standard InChI is InChI=1S/C16H26N2O/c1-11-7-8-14(13(3)12(11)2)18(6)15(19)9-16(4,5)10-17/h7-8H,9-10,17H2,1-6H3. The summed E-state index contributed by atoms with van der Waals surface area (Å²) in [7, 11) is 1.84.